The third kappa shape index (κ3) is 4.83. The van der Waals surface area contributed by atoms with Crippen LogP contribution in [0.3, 0.4) is 0 Å². The van der Waals surface area contributed by atoms with E-state index in [9.17, 15) is 4.79 Å². The van der Waals surface area contributed by atoms with Gasteiger partial charge in [0.2, 0.25) is 0 Å². The molecule has 2 N–H and O–H groups in total. The second-order valence-electron chi connectivity index (χ2n) is 5.66. The molecule has 3 rings (SSSR count). The number of amides is 1. The minimum Gasteiger partial charge on any atom is -0.494 e. The molecule has 0 aliphatic rings. The van der Waals surface area contributed by atoms with Gasteiger partial charge in [0.25, 0.3) is 5.91 Å². The number of anilines is 3. The molecular formula is C21H18N4O2. The van der Waals surface area contributed by atoms with E-state index in [0.29, 0.717) is 29.2 Å². The van der Waals surface area contributed by atoms with Crippen LogP contribution in [0.4, 0.5) is 17.2 Å². The molecule has 6 nitrogen and oxygen atoms in total. The molecule has 0 radical (unpaired) electrons. The zero-order valence-corrected chi connectivity index (χ0v) is 14.8. The summed E-state index contributed by atoms with van der Waals surface area (Å²) in [6, 6.07) is 19.6. The van der Waals surface area contributed by atoms with Gasteiger partial charge in [-0.2, -0.15) is 5.26 Å². The van der Waals surface area contributed by atoms with Gasteiger partial charge in [-0.1, -0.05) is 0 Å². The lowest BCUT2D eigenvalue weighted by Crippen LogP contribution is -2.12. The van der Waals surface area contributed by atoms with E-state index < -0.39 is 0 Å². The van der Waals surface area contributed by atoms with Gasteiger partial charge in [0, 0.05) is 23.1 Å². The van der Waals surface area contributed by atoms with Crippen LogP contribution in [0, 0.1) is 11.3 Å². The van der Waals surface area contributed by atoms with Crippen molar-refractivity contribution in [3.63, 3.8) is 0 Å². The summed E-state index contributed by atoms with van der Waals surface area (Å²) >= 11 is 0. The van der Waals surface area contributed by atoms with E-state index in [1.807, 2.05) is 37.3 Å². The maximum absolute atomic E-state index is 12.4. The molecule has 0 saturated carbocycles. The Morgan fingerprint density at radius 3 is 2.44 bits per heavy atom. The Labute approximate surface area is 157 Å². The van der Waals surface area contributed by atoms with Crippen molar-refractivity contribution in [1.29, 1.82) is 5.26 Å². The number of rotatable bonds is 6. The van der Waals surface area contributed by atoms with Crippen LogP contribution < -0.4 is 15.4 Å². The highest BCUT2D eigenvalue weighted by Crippen LogP contribution is 2.20. The summed E-state index contributed by atoms with van der Waals surface area (Å²) in [5.41, 5.74) is 2.48. The Bertz CT molecular complexity index is 961. The largest absolute Gasteiger partial charge is 0.494 e. The molecule has 0 aliphatic heterocycles. The minimum atomic E-state index is -0.253. The normalized spacial score (nSPS) is 9.93. The number of pyridine rings is 1. The lowest BCUT2D eigenvalue weighted by molar-refractivity contribution is 0.102. The molecule has 0 atom stereocenters. The molecule has 134 valence electrons. The number of hydrogen-bond donors (Lipinski definition) is 2. The van der Waals surface area contributed by atoms with Crippen molar-refractivity contribution < 1.29 is 9.53 Å². The molecule has 6 heteroatoms. The number of carbonyl (C=O) groups excluding carboxylic acids is 1. The molecule has 0 spiro atoms. The van der Waals surface area contributed by atoms with Crippen LogP contribution in [0.25, 0.3) is 0 Å². The lowest BCUT2D eigenvalue weighted by atomic mass is 10.2. The van der Waals surface area contributed by atoms with Gasteiger partial charge in [-0.3, -0.25) is 4.79 Å². The van der Waals surface area contributed by atoms with Crippen LogP contribution in [-0.4, -0.2) is 17.5 Å². The van der Waals surface area contributed by atoms with Gasteiger partial charge in [0.1, 0.15) is 11.6 Å². The predicted octanol–water partition coefficient (Wildman–Crippen LogP) is 4.35. The first-order valence-electron chi connectivity index (χ1n) is 8.45. The van der Waals surface area contributed by atoms with E-state index in [1.165, 1.54) is 0 Å². The average Bonchev–Trinajstić information content (AvgIpc) is 2.70. The van der Waals surface area contributed by atoms with Gasteiger partial charge in [0.05, 0.1) is 18.2 Å². The first kappa shape index (κ1) is 18.0. The molecule has 0 bridgehead atoms. The summed E-state index contributed by atoms with van der Waals surface area (Å²) in [6.07, 6.45) is 1.57. The van der Waals surface area contributed by atoms with E-state index in [0.717, 1.165) is 11.4 Å². The molecule has 0 saturated heterocycles. The summed E-state index contributed by atoms with van der Waals surface area (Å²) in [6.45, 7) is 2.55. The zero-order valence-electron chi connectivity index (χ0n) is 14.8. The molecule has 1 heterocycles. The second kappa shape index (κ2) is 8.50. The summed E-state index contributed by atoms with van der Waals surface area (Å²) in [5.74, 6) is 1.11. The van der Waals surface area contributed by atoms with Crippen LogP contribution in [0.1, 0.15) is 22.8 Å². The van der Waals surface area contributed by atoms with Gasteiger partial charge in [0.15, 0.2) is 0 Å². The van der Waals surface area contributed by atoms with E-state index in [4.69, 9.17) is 10.00 Å². The third-order valence-corrected chi connectivity index (χ3v) is 3.73. The Morgan fingerprint density at radius 2 is 1.78 bits per heavy atom. The molecule has 1 amide bonds. The summed E-state index contributed by atoms with van der Waals surface area (Å²) in [4.78, 5) is 16.7. The van der Waals surface area contributed by atoms with Crippen molar-refractivity contribution in [3.05, 3.63) is 78.0 Å². The van der Waals surface area contributed by atoms with Crippen molar-refractivity contribution in [2.75, 3.05) is 17.2 Å². The number of nitrogens with one attached hydrogen (secondary N) is 2. The molecular weight excluding hydrogens is 340 g/mol. The minimum absolute atomic E-state index is 0.253. The van der Waals surface area contributed by atoms with Gasteiger partial charge in [-0.05, 0) is 67.6 Å². The summed E-state index contributed by atoms with van der Waals surface area (Å²) < 4.78 is 5.42. The van der Waals surface area contributed by atoms with E-state index in [-0.39, 0.29) is 5.91 Å². The van der Waals surface area contributed by atoms with Gasteiger partial charge < -0.3 is 15.4 Å². The summed E-state index contributed by atoms with van der Waals surface area (Å²) in [7, 11) is 0. The van der Waals surface area contributed by atoms with Crippen molar-refractivity contribution in [1.82, 2.24) is 4.98 Å². The van der Waals surface area contributed by atoms with Crippen LogP contribution >= 0.6 is 0 Å². The predicted molar refractivity (Wildman–Crippen MR) is 104 cm³/mol. The second-order valence-corrected chi connectivity index (χ2v) is 5.66. The maximum Gasteiger partial charge on any atom is 0.255 e. The van der Waals surface area contributed by atoms with E-state index in [1.54, 1.807) is 42.6 Å². The molecule has 27 heavy (non-hydrogen) atoms. The number of nitriles is 1. The fourth-order valence-electron chi connectivity index (χ4n) is 2.42. The molecule has 3 aromatic rings. The number of hydrogen-bond acceptors (Lipinski definition) is 5. The summed E-state index contributed by atoms with van der Waals surface area (Å²) in [5, 5.41) is 14.8. The standard InChI is InChI=1S/C21H18N4O2/c1-2-27-19-9-7-17(8-10-19)24-20-13-16(11-12-23-20)21(26)25-18-5-3-15(14-22)4-6-18/h3-13H,2H2,1H3,(H,23,24)(H,25,26). The van der Waals surface area contributed by atoms with E-state index >= 15 is 0 Å². The topological polar surface area (TPSA) is 87.0 Å². The van der Waals surface area contributed by atoms with E-state index in [2.05, 4.69) is 15.6 Å². The third-order valence-electron chi connectivity index (χ3n) is 3.73. The van der Waals surface area contributed by atoms with Gasteiger partial charge >= 0.3 is 0 Å². The number of carbonyl (C=O) groups is 1. The number of benzene rings is 2. The van der Waals surface area contributed by atoms with Crippen molar-refractivity contribution in [3.8, 4) is 11.8 Å². The average molecular weight is 358 g/mol. The number of nitrogens with zero attached hydrogens (tertiary/aromatic N) is 2. The van der Waals surface area contributed by atoms with Crippen molar-refractivity contribution in [2.24, 2.45) is 0 Å². The van der Waals surface area contributed by atoms with Crippen LogP contribution in [0.2, 0.25) is 0 Å². The molecule has 0 aliphatic carbocycles. The highest BCUT2D eigenvalue weighted by atomic mass is 16.5. The van der Waals surface area contributed by atoms with Crippen LogP contribution in [0.5, 0.6) is 5.75 Å². The highest BCUT2D eigenvalue weighted by molar-refractivity contribution is 6.04. The first-order chi connectivity index (χ1) is 13.2. The fourth-order valence-corrected chi connectivity index (χ4v) is 2.42. The quantitative estimate of drug-likeness (QED) is 0.684. The number of aromatic nitrogens is 1. The molecule has 1 aromatic heterocycles. The molecule has 0 unspecified atom stereocenters. The Morgan fingerprint density at radius 1 is 1.07 bits per heavy atom. The number of ether oxygens (including phenoxy) is 1. The smallest absolute Gasteiger partial charge is 0.255 e. The fraction of sp³-hybridized carbons (Fsp3) is 0.0952. The van der Waals surface area contributed by atoms with Crippen LogP contribution in [-0.2, 0) is 0 Å². The zero-order chi connectivity index (χ0) is 19.1. The van der Waals surface area contributed by atoms with Gasteiger partial charge in [-0.15, -0.1) is 0 Å². The SMILES string of the molecule is CCOc1ccc(Nc2cc(C(=O)Nc3ccc(C#N)cc3)ccn2)cc1. The van der Waals surface area contributed by atoms with Crippen molar-refractivity contribution >= 4 is 23.1 Å². The first-order valence-corrected chi connectivity index (χ1v) is 8.45. The van der Waals surface area contributed by atoms with Crippen molar-refractivity contribution in [2.45, 2.75) is 6.92 Å². The van der Waals surface area contributed by atoms with Gasteiger partial charge in [-0.25, -0.2) is 4.98 Å². The Balaban J connectivity index is 1.68. The monoisotopic (exact) mass is 358 g/mol. The Hall–Kier alpha value is -3.85. The highest BCUT2D eigenvalue weighted by Gasteiger charge is 2.08. The maximum atomic E-state index is 12.4. The molecule has 0 fully saturated rings. The molecule has 2 aromatic carbocycles. The lowest BCUT2D eigenvalue weighted by Gasteiger charge is -2.09. The Kier molecular flexibility index (Phi) is 5.65. The van der Waals surface area contributed by atoms with Crippen LogP contribution in [0.15, 0.2) is 66.9 Å².